The van der Waals surface area contributed by atoms with Gasteiger partial charge in [0.25, 0.3) is 11.5 Å². The molecular weight excluding hydrogens is 496 g/mol. The van der Waals surface area contributed by atoms with Crippen LogP contribution in [0.4, 0.5) is 5.69 Å². The Morgan fingerprint density at radius 2 is 1.51 bits per heavy atom. The number of nitrogens with zero attached hydrogens (tertiary/aromatic N) is 1. The minimum absolute atomic E-state index is 0.0220. The molecule has 4 aromatic rings. The third kappa shape index (κ3) is 5.29. The number of hydrogen-bond acceptors (Lipinski definition) is 6. The number of nitrogens with one attached hydrogen (secondary N) is 1. The number of aromatic nitrogens is 1. The smallest absolute Gasteiger partial charge is 0.356 e. The zero-order chi connectivity index (χ0) is 26.7. The molecule has 0 aliphatic carbocycles. The zero-order valence-electron chi connectivity index (χ0n) is 20.7. The van der Waals surface area contributed by atoms with Crippen molar-refractivity contribution in [2.45, 2.75) is 13.0 Å². The average molecular weight is 521 g/mol. The van der Waals surface area contributed by atoms with Crippen molar-refractivity contribution in [3.63, 3.8) is 0 Å². The van der Waals surface area contributed by atoms with Crippen LogP contribution in [-0.2, 0) is 16.6 Å². The summed E-state index contributed by atoms with van der Waals surface area (Å²) in [6.45, 7) is 1.45. The number of esters is 1. The third-order valence-electron chi connectivity index (χ3n) is 5.90. The summed E-state index contributed by atoms with van der Waals surface area (Å²) in [5.74, 6) is -0.417. The molecule has 1 atom stereocenters. The molecule has 1 unspecified atom stereocenters. The van der Waals surface area contributed by atoms with Crippen LogP contribution in [-0.4, -0.2) is 36.8 Å². The summed E-state index contributed by atoms with van der Waals surface area (Å²) in [6, 6.07) is 18.8. The second-order valence-corrected chi connectivity index (χ2v) is 8.71. The number of halogens is 1. The Kier molecular flexibility index (Phi) is 7.50. The molecule has 190 valence electrons. The Bertz CT molecular complexity index is 1520. The standard InChI is InChI=1S/C28H25ClN2O6/c1-16(26(32)30-19-13-20(35-3)15-21(14-19)36-4)37-28(34)25-24(17-9-11-18(29)12-10-17)22-7-5-6-8-23(22)27(33)31(25)2/h5-16H,1-4H3,(H,30,32). The Balaban J connectivity index is 1.70. The van der Waals surface area contributed by atoms with Crippen LogP contribution in [0.2, 0.25) is 5.02 Å². The number of carbonyl (C=O) groups excluding carboxylic acids is 2. The molecule has 1 N–H and O–H groups in total. The molecule has 4 rings (SSSR count). The molecule has 1 amide bonds. The van der Waals surface area contributed by atoms with E-state index in [4.69, 9.17) is 25.8 Å². The fourth-order valence-electron chi connectivity index (χ4n) is 4.01. The summed E-state index contributed by atoms with van der Waals surface area (Å²) in [4.78, 5) is 39.4. The van der Waals surface area contributed by atoms with Gasteiger partial charge in [0.1, 0.15) is 17.2 Å². The van der Waals surface area contributed by atoms with Crippen LogP contribution < -0.4 is 20.3 Å². The molecule has 0 saturated carbocycles. The van der Waals surface area contributed by atoms with Crippen molar-refractivity contribution in [2.75, 3.05) is 19.5 Å². The summed E-state index contributed by atoms with van der Waals surface area (Å²) in [6.07, 6.45) is -1.18. The predicted octanol–water partition coefficient (Wildman–Crippen LogP) is 5.06. The molecule has 0 fully saturated rings. The Morgan fingerprint density at radius 3 is 2.11 bits per heavy atom. The first kappa shape index (κ1) is 25.8. The molecule has 3 aromatic carbocycles. The van der Waals surface area contributed by atoms with E-state index in [-0.39, 0.29) is 11.3 Å². The number of carbonyl (C=O) groups is 2. The summed E-state index contributed by atoms with van der Waals surface area (Å²) < 4.78 is 17.3. The fraction of sp³-hybridized carbons (Fsp3) is 0.179. The second kappa shape index (κ2) is 10.8. The van der Waals surface area contributed by atoms with Crippen molar-refractivity contribution >= 4 is 39.9 Å². The Labute approximate surface area is 218 Å². The summed E-state index contributed by atoms with van der Waals surface area (Å²) >= 11 is 6.08. The molecule has 0 radical (unpaired) electrons. The van der Waals surface area contributed by atoms with Crippen LogP contribution in [0.3, 0.4) is 0 Å². The minimum Gasteiger partial charge on any atom is -0.497 e. The monoisotopic (exact) mass is 520 g/mol. The lowest BCUT2D eigenvalue weighted by atomic mass is 9.96. The summed E-state index contributed by atoms with van der Waals surface area (Å²) in [5.41, 5.74) is 1.24. The predicted molar refractivity (Wildman–Crippen MR) is 143 cm³/mol. The van der Waals surface area contributed by atoms with Gasteiger partial charge in [-0.3, -0.25) is 9.59 Å². The van der Waals surface area contributed by atoms with Gasteiger partial charge < -0.3 is 24.1 Å². The van der Waals surface area contributed by atoms with E-state index < -0.39 is 18.0 Å². The molecule has 1 heterocycles. The number of ether oxygens (including phenoxy) is 3. The van der Waals surface area contributed by atoms with E-state index in [2.05, 4.69) is 5.32 Å². The molecule has 1 aromatic heterocycles. The number of pyridine rings is 1. The summed E-state index contributed by atoms with van der Waals surface area (Å²) in [7, 11) is 4.49. The highest BCUT2D eigenvalue weighted by Gasteiger charge is 2.26. The van der Waals surface area contributed by atoms with Crippen molar-refractivity contribution < 1.29 is 23.8 Å². The van der Waals surface area contributed by atoms with Crippen molar-refractivity contribution in [3.8, 4) is 22.6 Å². The highest BCUT2D eigenvalue weighted by Crippen LogP contribution is 2.32. The van der Waals surface area contributed by atoms with Gasteiger partial charge in [-0.05, 0) is 36.1 Å². The maximum Gasteiger partial charge on any atom is 0.356 e. The number of fused-ring (bicyclic) bond motifs is 1. The first-order valence-corrected chi connectivity index (χ1v) is 11.7. The van der Waals surface area contributed by atoms with Gasteiger partial charge in [-0.2, -0.15) is 0 Å². The molecule has 0 spiro atoms. The highest BCUT2D eigenvalue weighted by atomic mass is 35.5. The average Bonchev–Trinajstić information content (AvgIpc) is 2.90. The third-order valence-corrected chi connectivity index (χ3v) is 6.15. The van der Waals surface area contributed by atoms with Crippen LogP contribution in [0.5, 0.6) is 11.5 Å². The van der Waals surface area contributed by atoms with Gasteiger partial charge in [0, 0.05) is 46.9 Å². The van der Waals surface area contributed by atoms with Crippen molar-refractivity contribution in [1.82, 2.24) is 4.57 Å². The number of anilines is 1. The van der Waals surface area contributed by atoms with Crippen molar-refractivity contribution in [1.29, 1.82) is 0 Å². The SMILES string of the molecule is COc1cc(NC(=O)C(C)OC(=O)c2c(-c3ccc(Cl)cc3)c3ccccc3c(=O)n2C)cc(OC)c1. The number of rotatable bonds is 7. The summed E-state index contributed by atoms with van der Waals surface area (Å²) in [5, 5.41) is 4.26. The highest BCUT2D eigenvalue weighted by molar-refractivity contribution is 6.30. The molecule has 37 heavy (non-hydrogen) atoms. The van der Waals surface area contributed by atoms with Crippen LogP contribution in [0.25, 0.3) is 21.9 Å². The quantitative estimate of drug-likeness (QED) is 0.342. The second-order valence-electron chi connectivity index (χ2n) is 8.28. The van der Waals surface area contributed by atoms with Crippen molar-refractivity contribution in [3.05, 3.63) is 87.8 Å². The first-order chi connectivity index (χ1) is 17.7. The van der Waals surface area contributed by atoms with E-state index >= 15 is 0 Å². The number of benzene rings is 3. The molecule has 9 heteroatoms. The minimum atomic E-state index is -1.18. The lowest BCUT2D eigenvalue weighted by Crippen LogP contribution is -2.33. The Hall–Kier alpha value is -4.30. The van der Waals surface area contributed by atoms with Gasteiger partial charge in [-0.15, -0.1) is 0 Å². The van der Waals surface area contributed by atoms with Gasteiger partial charge >= 0.3 is 5.97 Å². The van der Waals surface area contributed by atoms with Gasteiger partial charge in [0.15, 0.2) is 6.10 Å². The van der Waals surface area contributed by atoms with Crippen LogP contribution in [0.1, 0.15) is 17.4 Å². The van der Waals surface area contributed by atoms with Gasteiger partial charge in [-0.1, -0.05) is 41.9 Å². The topological polar surface area (TPSA) is 95.9 Å². The van der Waals surface area contributed by atoms with Crippen LogP contribution in [0.15, 0.2) is 71.5 Å². The maximum atomic E-state index is 13.5. The molecule has 0 aliphatic rings. The molecule has 8 nitrogen and oxygen atoms in total. The molecule has 0 aliphatic heterocycles. The van der Waals surface area contributed by atoms with Gasteiger partial charge in [0.2, 0.25) is 0 Å². The molecule has 0 saturated heterocycles. The van der Waals surface area contributed by atoms with E-state index in [0.717, 1.165) is 0 Å². The van der Waals surface area contributed by atoms with Gasteiger partial charge in [-0.25, -0.2) is 4.79 Å². The first-order valence-electron chi connectivity index (χ1n) is 11.4. The van der Waals surface area contributed by atoms with E-state index in [9.17, 15) is 14.4 Å². The number of amides is 1. The van der Waals surface area contributed by atoms with E-state index in [0.29, 0.717) is 44.1 Å². The maximum absolute atomic E-state index is 13.5. The molecular formula is C28H25ClN2O6. The van der Waals surface area contributed by atoms with Crippen LogP contribution >= 0.6 is 11.6 Å². The molecule has 0 bridgehead atoms. The fourth-order valence-corrected chi connectivity index (χ4v) is 4.13. The van der Waals surface area contributed by atoms with Crippen LogP contribution in [0, 0.1) is 0 Å². The van der Waals surface area contributed by atoms with Crippen molar-refractivity contribution in [2.24, 2.45) is 7.05 Å². The number of methoxy groups -OCH3 is 2. The lowest BCUT2D eigenvalue weighted by molar-refractivity contribution is -0.123. The van der Waals surface area contributed by atoms with E-state index in [1.165, 1.54) is 32.8 Å². The largest absolute Gasteiger partial charge is 0.497 e. The Morgan fingerprint density at radius 1 is 0.919 bits per heavy atom. The zero-order valence-corrected chi connectivity index (χ0v) is 21.5. The normalized spacial score (nSPS) is 11.6. The van der Waals surface area contributed by atoms with E-state index in [1.54, 1.807) is 66.7 Å². The number of hydrogen-bond donors (Lipinski definition) is 1. The van der Waals surface area contributed by atoms with E-state index in [1.807, 2.05) is 0 Å². The lowest BCUT2D eigenvalue weighted by Gasteiger charge is -2.19. The van der Waals surface area contributed by atoms with Gasteiger partial charge in [0.05, 0.1) is 14.2 Å².